The van der Waals surface area contributed by atoms with Gasteiger partial charge in [-0.15, -0.1) is 0 Å². The van der Waals surface area contributed by atoms with Crippen LogP contribution in [0.25, 0.3) is 0 Å². The van der Waals surface area contributed by atoms with Gasteiger partial charge in [0.1, 0.15) is 13.2 Å². The van der Waals surface area contributed by atoms with Gasteiger partial charge in [-0.3, -0.25) is 4.72 Å². The lowest BCUT2D eigenvalue weighted by Crippen LogP contribution is -2.17. The zero-order valence-corrected chi connectivity index (χ0v) is 12.4. The Kier molecular flexibility index (Phi) is 3.81. The van der Waals surface area contributed by atoms with Gasteiger partial charge in [-0.05, 0) is 30.3 Å². The third-order valence-electron chi connectivity index (χ3n) is 3.11. The predicted octanol–water partition coefficient (Wildman–Crippen LogP) is 2.34. The summed E-state index contributed by atoms with van der Waals surface area (Å²) in [7, 11) is 1.59. The molecule has 1 aliphatic heterocycles. The van der Waals surface area contributed by atoms with Gasteiger partial charge in [-0.2, -0.15) is 0 Å². The molecule has 2 radical (unpaired) electrons. The third kappa shape index (κ3) is 2.94. The molecule has 2 N–H and O–H groups in total. The Balaban J connectivity index is 1.89. The first-order valence-corrected chi connectivity index (χ1v) is 8.06. The van der Waals surface area contributed by atoms with E-state index in [-0.39, 0.29) is 4.90 Å². The van der Waals surface area contributed by atoms with Crippen LogP contribution in [0, 0.1) is 7.05 Å². The fourth-order valence-corrected chi connectivity index (χ4v) is 3.14. The standard InChI is InChI=1S/C15H14N2O4S/c1-16-11-3-2-4-12(9-11)17-22(18,19)13-5-6-14-15(10-13)21-8-7-20-14/h1-6,9-10,16-17H,7-8H2. The van der Waals surface area contributed by atoms with Crippen LogP contribution in [0.2, 0.25) is 0 Å². The summed E-state index contributed by atoms with van der Waals surface area (Å²) in [6.07, 6.45) is 0. The second-order valence-corrected chi connectivity index (χ2v) is 6.32. The number of benzene rings is 2. The first-order valence-electron chi connectivity index (χ1n) is 6.58. The van der Waals surface area contributed by atoms with E-state index in [4.69, 9.17) is 16.5 Å². The molecule has 0 atom stereocenters. The van der Waals surface area contributed by atoms with Crippen LogP contribution < -0.4 is 19.5 Å². The van der Waals surface area contributed by atoms with Crippen molar-refractivity contribution in [1.82, 2.24) is 0 Å². The van der Waals surface area contributed by atoms with Gasteiger partial charge in [0.2, 0.25) is 0 Å². The van der Waals surface area contributed by atoms with Crippen LogP contribution in [0.15, 0.2) is 47.4 Å². The fraction of sp³-hybridized carbons (Fsp3) is 0.133. The van der Waals surface area contributed by atoms with Crippen molar-refractivity contribution in [1.29, 1.82) is 0 Å². The summed E-state index contributed by atoms with van der Waals surface area (Å²) in [5.74, 6) is 0.964. The molecule has 0 aliphatic carbocycles. The summed E-state index contributed by atoms with van der Waals surface area (Å²) < 4.78 is 38.1. The molecule has 1 heterocycles. The van der Waals surface area contributed by atoms with Crippen molar-refractivity contribution in [2.24, 2.45) is 0 Å². The maximum atomic E-state index is 12.4. The molecule has 2 aromatic carbocycles. The fourth-order valence-electron chi connectivity index (χ4n) is 2.08. The Morgan fingerprint density at radius 2 is 1.68 bits per heavy atom. The zero-order chi connectivity index (χ0) is 15.6. The summed E-state index contributed by atoms with van der Waals surface area (Å²) >= 11 is 0. The Labute approximate surface area is 129 Å². The van der Waals surface area contributed by atoms with Gasteiger partial charge in [-0.1, -0.05) is 6.07 Å². The summed E-state index contributed by atoms with van der Waals surface area (Å²) in [5.41, 5.74) is 1.01. The van der Waals surface area contributed by atoms with Crippen LogP contribution in [0.4, 0.5) is 11.4 Å². The molecule has 6 nitrogen and oxygen atoms in total. The van der Waals surface area contributed by atoms with Crippen molar-refractivity contribution < 1.29 is 17.9 Å². The van der Waals surface area contributed by atoms with Gasteiger partial charge >= 0.3 is 0 Å². The third-order valence-corrected chi connectivity index (χ3v) is 4.48. The summed E-state index contributed by atoms with van der Waals surface area (Å²) in [6.45, 7) is 0.852. The molecule has 3 rings (SSSR count). The highest BCUT2D eigenvalue weighted by Gasteiger charge is 2.19. The highest BCUT2D eigenvalue weighted by molar-refractivity contribution is 7.92. The molecule has 114 valence electrons. The maximum absolute atomic E-state index is 12.4. The van der Waals surface area contributed by atoms with E-state index in [1.807, 2.05) is 0 Å². The maximum Gasteiger partial charge on any atom is 0.262 e. The molecular weight excluding hydrogens is 304 g/mol. The number of anilines is 2. The van der Waals surface area contributed by atoms with Crippen molar-refractivity contribution in [3.63, 3.8) is 0 Å². The van der Waals surface area contributed by atoms with E-state index in [0.29, 0.717) is 36.1 Å². The van der Waals surface area contributed by atoms with Crippen LogP contribution in [0.3, 0.4) is 0 Å². The molecule has 0 saturated heterocycles. The van der Waals surface area contributed by atoms with Crippen molar-refractivity contribution in [3.8, 4) is 11.5 Å². The second-order valence-electron chi connectivity index (χ2n) is 4.64. The van der Waals surface area contributed by atoms with Crippen LogP contribution in [0.1, 0.15) is 0 Å². The van der Waals surface area contributed by atoms with Crippen molar-refractivity contribution in [3.05, 3.63) is 49.5 Å². The summed E-state index contributed by atoms with van der Waals surface area (Å²) in [5, 5.41) is 2.46. The monoisotopic (exact) mass is 318 g/mol. The molecule has 7 heteroatoms. The molecular formula is C15H14N2O4S. The highest BCUT2D eigenvalue weighted by Crippen LogP contribution is 2.32. The summed E-state index contributed by atoms with van der Waals surface area (Å²) in [4.78, 5) is 0.0999. The van der Waals surface area contributed by atoms with Crippen LogP contribution in [0.5, 0.6) is 11.5 Å². The highest BCUT2D eigenvalue weighted by atomic mass is 32.2. The lowest BCUT2D eigenvalue weighted by Gasteiger charge is -2.19. The number of fused-ring (bicyclic) bond motifs is 1. The molecule has 0 saturated carbocycles. The molecule has 0 bridgehead atoms. The first-order chi connectivity index (χ1) is 10.6. The molecule has 2 aromatic rings. The normalized spacial score (nSPS) is 13.5. The predicted molar refractivity (Wildman–Crippen MR) is 82.6 cm³/mol. The van der Waals surface area contributed by atoms with Crippen molar-refractivity contribution in [2.75, 3.05) is 23.3 Å². The van der Waals surface area contributed by atoms with E-state index in [1.165, 1.54) is 12.1 Å². The minimum Gasteiger partial charge on any atom is -0.486 e. The van der Waals surface area contributed by atoms with Gasteiger partial charge < -0.3 is 14.8 Å². The number of hydrogen-bond donors (Lipinski definition) is 2. The zero-order valence-electron chi connectivity index (χ0n) is 11.6. The Morgan fingerprint density at radius 1 is 0.955 bits per heavy atom. The minimum atomic E-state index is -3.73. The van der Waals surface area contributed by atoms with Gasteiger partial charge in [0.05, 0.1) is 17.6 Å². The van der Waals surface area contributed by atoms with E-state index in [0.717, 1.165) is 0 Å². The average molecular weight is 318 g/mol. The topological polar surface area (TPSA) is 76.7 Å². The quantitative estimate of drug-likeness (QED) is 0.846. The Morgan fingerprint density at radius 3 is 2.45 bits per heavy atom. The van der Waals surface area contributed by atoms with E-state index in [1.54, 1.807) is 30.3 Å². The lowest BCUT2D eigenvalue weighted by atomic mass is 10.3. The Bertz CT molecular complexity index is 790. The second kappa shape index (κ2) is 5.76. The molecule has 1 aliphatic rings. The molecule has 22 heavy (non-hydrogen) atoms. The molecule has 0 amide bonds. The van der Waals surface area contributed by atoms with Gasteiger partial charge in [0.15, 0.2) is 11.5 Å². The van der Waals surface area contributed by atoms with Gasteiger partial charge in [0.25, 0.3) is 10.0 Å². The average Bonchev–Trinajstić information content (AvgIpc) is 2.54. The van der Waals surface area contributed by atoms with E-state index < -0.39 is 10.0 Å². The SMILES string of the molecule is [CH]Nc1cccc(NS(=O)(=O)c2ccc3c(c2)OCCO3)c1. The number of rotatable bonds is 4. The van der Waals surface area contributed by atoms with E-state index >= 15 is 0 Å². The molecule has 0 unspecified atom stereocenters. The summed E-state index contributed by atoms with van der Waals surface area (Å²) in [6, 6.07) is 11.1. The van der Waals surface area contributed by atoms with E-state index in [9.17, 15) is 8.42 Å². The smallest absolute Gasteiger partial charge is 0.262 e. The van der Waals surface area contributed by atoms with Gasteiger partial charge in [-0.25, -0.2) is 8.42 Å². The first kappa shape index (κ1) is 14.5. The van der Waals surface area contributed by atoms with E-state index in [2.05, 4.69) is 10.0 Å². The molecule has 0 aromatic heterocycles. The Hall–Kier alpha value is -2.41. The molecule has 0 fully saturated rings. The minimum absolute atomic E-state index is 0.0999. The van der Waals surface area contributed by atoms with Crippen molar-refractivity contribution >= 4 is 21.4 Å². The van der Waals surface area contributed by atoms with Crippen LogP contribution in [-0.2, 0) is 10.0 Å². The number of nitrogens with one attached hydrogen (secondary N) is 2. The van der Waals surface area contributed by atoms with Crippen molar-refractivity contribution in [2.45, 2.75) is 4.90 Å². The molecule has 0 spiro atoms. The van der Waals surface area contributed by atoms with Crippen LogP contribution in [-0.4, -0.2) is 21.6 Å². The number of ether oxygens (including phenoxy) is 2. The largest absolute Gasteiger partial charge is 0.486 e. The number of sulfonamides is 1. The lowest BCUT2D eigenvalue weighted by molar-refractivity contribution is 0.171. The van der Waals surface area contributed by atoms with Crippen LogP contribution >= 0.6 is 0 Å². The van der Waals surface area contributed by atoms with Gasteiger partial charge in [0, 0.05) is 11.8 Å². The number of hydrogen-bond acceptors (Lipinski definition) is 5.